The number of nitrogens with zero attached hydrogens (tertiary/aromatic N) is 1. The predicted octanol–water partition coefficient (Wildman–Crippen LogP) is 6.70. The van der Waals surface area contributed by atoms with E-state index < -0.39 is 17.8 Å². The van der Waals surface area contributed by atoms with E-state index in [1.165, 1.54) is 6.08 Å². The number of fused-ring (bicyclic) bond motifs is 1. The summed E-state index contributed by atoms with van der Waals surface area (Å²) in [5.41, 5.74) is 2.27. The van der Waals surface area contributed by atoms with Crippen LogP contribution in [0.1, 0.15) is 16.7 Å². The average molecular weight is 531 g/mol. The van der Waals surface area contributed by atoms with E-state index in [9.17, 15) is 14.4 Å². The number of hydrogen-bond acceptors (Lipinski definition) is 4. The Kier molecular flexibility index (Phi) is 6.70. The fourth-order valence-corrected chi connectivity index (χ4v) is 4.50. The number of ether oxygens (including phenoxy) is 1. The number of hydrogen-bond donors (Lipinski definition) is 1. The molecule has 1 heterocycles. The lowest BCUT2D eigenvalue weighted by Crippen LogP contribution is -2.54. The molecule has 4 aromatic carbocycles. The highest BCUT2D eigenvalue weighted by atomic mass is 35.5. The molecule has 0 unspecified atom stereocenters. The molecule has 0 saturated carbocycles. The Bertz CT molecular complexity index is 1610. The summed E-state index contributed by atoms with van der Waals surface area (Å²) in [6, 6.07) is 22.6. The quantitative estimate of drug-likeness (QED) is 0.230. The molecule has 4 amide bonds. The van der Waals surface area contributed by atoms with Gasteiger partial charge in [-0.3, -0.25) is 14.9 Å². The highest BCUT2D eigenvalue weighted by Gasteiger charge is 2.37. The lowest BCUT2D eigenvalue weighted by atomic mass is 9.99. The summed E-state index contributed by atoms with van der Waals surface area (Å²) in [5.74, 6) is -1.04. The summed E-state index contributed by atoms with van der Waals surface area (Å²) in [7, 11) is 0. The topological polar surface area (TPSA) is 75.7 Å². The molecule has 6 nitrogen and oxygen atoms in total. The Balaban J connectivity index is 1.58. The number of nitrogens with one attached hydrogen (secondary N) is 1. The molecule has 5 rings (SSSR count). The van der Waals surface area contributed by atoms with Crippen LogP contribution in [0.4, 0.5) is 10.5 Å². The number of barbiturate groups is 1. The van der Waals surface area contributed by atoms with Crippen molar-refractivity contribution in [2.75, 3.05) is 4.90 Å². The van der Waals surface area contributed by atoms with Crippen LogP contribution >= 0.6 is 23.2 Å². The molecule has 1 N–H and O–H groups in total. The molecule has 0 atom stereocenters. The molecule has 4 aromatic rings. The van der Waals surface area contributed by atoms with Gasteiger partial charge in [-0.05, 0) is 59.2 Å². The number of halogens is 2. The van der Waals surface area contributed by atoms with E-state index in [1.807, 2.05) is 30.3 Å². The molecule has 8 heteroatoms. The second-order valence-corrected chi connectivity index (χ2v) is 9.29. The highest BCUT2D eigenvalue weighted by molar-refractivity contribution is 6.42. The van der Waals surface area contributed by atoms with Gasteiger partial charge in [0.25, 0.3) is 11.8 Å². The fourth-order valence-electron chi connectivity index (χ4n) is 4.18. The van der Waals surface area contributed by atoms with Crippen LogP contribution < -0.4 is 15.0 Å². The van der Waals surface area contributed by atoms with E-state index in [2.05, 4.69) is 5.32 Å². The van der Waals surface area contributed by atoms with Crippen molar-refractivity contribution in [1.29, 1.82) is 0 Å². The molecule has 1 aliphatic rings. The van der Waals surface area contributed by atoms with Crippen molar-refractivity contribution >= 4 is 63.6 Å². The monoisotopic (exact) mass is 530 g/mol. The van der Waals surface area contributed by atoms with E-state index in [-0.39, 0.29) is 12.2 Å². The molecule has 37 heavy (non-hydrogen) atoms. The van der Waals surface area contributed by atoms with Gasteiger partial charge in [-0.1, -0.05) is 77.8 Å². The van der Waals surface area contributed by atoms with Gasteiger partial charge in [-0.15, -0.1) is 0 Å². The minimum atomic E-state index is -0.796. The van der Waals surface area contributed by atoms with E-state index in [1.54, 1.807) is 55.5 Å². The summed E-state index contributed by atoms with van der Waals surface area (Å²) in [6.07, 6.45) is 1.47. The molecule has 184 valence electrons. The van der Waals surface area contributed by atoms with Crippen molar-refractivity contribution in [2.24, 2.45) is 0 Å². The van der Waals surface area contributed by atoms with Crippen LogP contribution in [0.5, 0.6) is 5.75 Å². The van der Waals surface area contributed by atoms with Gasteiger partial charge >= 0.3 is 6.03 Å². The zero-order chi connectivity index (χ0) is 26.1. The lowest BCUT2D eigenvalue weighted by Gasteiger charge is -2.27. The average Bonchev–Trinajstić information content (AvgIpc) is 2.88. The largest absolute Gasteiger partial charge is 0.488 e. The minimum Gasteiger partial charge on any atom is -0.488 e. The van der Waals surface area contributed by atoms with Crippen LogP contribution in [0.3, 0.4) is 0 Å². The number of urea groups is 1. The Morgan fingerprint density at radius 2 is 1.65 bits per heavy atom. The van der Waals surface area contributed by atoms with Crippen molar-refractivity contribution in [3.05, 3.63) is 111 Å². The Morgan fingerprint density at radius 3 is 2.43 bits per heavy atom. The van der Waals surface area contributed by atoms with Gasteiger partial charge in [0.2, 0.25) is 0 Å². The minimum absolute atomic E-state index is 0.180. The first-order valence-corrected chi connectivity index (χ1v) is 12.1. The number of para-hydroxylation sites is 1. The van der Waals surface area contributed by atoms with Crippen molar-refractivity contribution in [3.63, 3.8) is 0 Å². The van der Waals surface area contributed by atoms with Gasteiger partial charge in [0, 0.05) is 5.56 Å². The number of carbonyl (C=O) groups excluding carboxylic acids is 3. The maximum absolute atomic E-state index is 13.5. The predicted molar refractivity (Wildman–Crippen MR) is 145 cm³/mol. The third kappa shape index (κ3) is 4.81. The second kappa shape index (κ2) is 10.1. The summed E-state index contributed by atoms with van der Waals surface area (Å²) >= 11 is 12.2. The summed E-state index contributed by atoms with van der Waals surface area (Å²) in [5, 5.41) is 4.81. The van der Waals surface area contributed by atoms with E-state index in [0.29, 0.717) is 27.0 Å². The van der Waals surface area contributed by atoms with Crippen LogP contribution in [-0.2, 0) is 16.2 Å². The second-order valence-electron chi connectivity index (χ2n) is 8.48. The normalized spacial score (nSPS) is 14.8. The van der Waals surface area contributed by atoms with Crippen molar-refractivity contribution < 1.29 is 19.1 Å². The van der Waals surface area contributed by atoms with Crippen molar-refractivity contribution in [3.8, 4) is 5.75 Å². The molecule has 0 aromatic heterocycles. The fraction of sp³-hybridized carbons (Fsp3) is 0.0690. The van der Waals surface area contributed by atoms with Crippen molar-refractivity contribution in [2.45, 2.75) is 13.5 Å². The standard InChI is InChI=1S/C29H20Cl2N2O4/c1-17-6-2-5-9-25(17)33-28(35)22(27(34)32-29(33)36)15-21-20-8-4-3-7-19(20)11-13-26(21)37-16-18-10-12-23(30)24(31)14-18/h2-15H,16H2,1H3,(H,32,34,36)/b22-15+. The number of rotatable bonds is 5. The number of amides is 4. The Hall–Kier alpha value is -4.13. The van der Waals surface area contributed by atoms with E-state index in [0.717, 1.165) is 26.8 Å². The van der Waals surface area contributed by atoms with Gasteiger partial charge in [0.15, 0.2) is 0 Å². The summed E-state index contributed by atoms with van der Waals surface area (Å²) in [4.78, 5) is 40.0. The third-order valence-electron chi connectivity index (χ3n) is 6.06. The molecule has 1 saturated heterocycles. The Labute approximate surface area is 223 Å². The summed E-state index contributed by atoms with van der Waals surface area (Å²) in [6.45, 7) is 1.97. The molecule has 0 aliphatic carbocycles. The van der Waals surface area contributed by atoms with Crippen LogP contribution in [-0.4, -0.2) is 17.8 Å². The van der Waals surface area contributed by atoms with Gasteiger partial charge in [0.05, 0.1) is 15.7 Å². The first-order chi connectivity index (χ1) is 17.8. The van der Waals surface area contributed by atoms with Crippen LogP contribution in [0.25, 0.3) is 16.8 Å². The smallest absolute Gasteiger partial charge is 0.335 e. The zero-order valence-corrected chi connectivity index (χ0v) is 21.1. The van der Waals surface area contributed by atoms with Gasteiger partial charge in [-0.2, -0.15) is 0 Å². The van der Waals surface area contributed by atoms with Crippen LogP contribution in [0.15, 0.2) is 84.4 Å². The van der Waals surface area contributed by atoms with E-state index in [4.69, 9.17) is 27.9 Å². The molecule has 1 aliphatic heterocycles. The SMILES string of the molecule is Cc1ccccc1N1C(=O)NC(=O)/C(=C\c2c(OCc3ccc(Cl)c(Cl)c3)ccc3ccccc23)C1=O. The number of carbonyl (C=O) groups is 3. The highest BCUT2D eigenvalue weighted by Crippen LogP contribution is 2.33. The Morgan fingerprint density at radius 1 is 0.892 bits per heavy atom. The summed E-state index contributed by atoms with van der Waals surface area (Å²) < 4.78 is 6.12. The maximum Gasteiger partial charge on any atom is 0.335 e. The lowest BCUT2D eigenvalue weighted by molar-refractivity contribution is -0.122. The number of anilines is 1. The molecule has 1 fully saturated rings. The first kappa shape index (κ1) is 24.6. The number of aryl methyl sites for hydroxylation is 1. The molecule has 0 radical (unpaired) electrons. The molecular weight excluding hydrogens is 511 g/mol. The number of imide groups is 2. The van der Waals surface area contributed by atoms with E-state index >= 15 is 0 Å². The van der Waals surface area contributed by atoms with Crippen molar-refractivity contribution in [1.82, 2.24) is 5.32 Å². The first-order valence-electron chi connectivity index (χ1n) is 11.4. The van der Waals surface area contributed by atoms with Gasteiger partial charge in [0.1, 0.15) is 17.9 Å². The number of benzene rings is 4. The van der Waals surface area contributed by atoms with Crippen LogP contribution in [0, 0.1) is 6.92 Å². The molecule has 0 bridgehead atoms. The molecule has 0 spiro atoms. The van der Waals surface area contributed by atoms with Crippen LogP contribution in [0.2, 0.25) is 10.0 Å². The van der Waals surface area contributed by atoms with Gasteiger partial charge in [-0.25, -0.2) is 9.69 Å². The third-order valence-corrected chi connectivity index (χ3v) is 6.79. The van der Waals surface area contributed by atoms with Gasteiger partial charge < -0.3 is 4.74 Å². The molecular formula is C29H20Cl2N2O4. The zero-order valence-electron chi connectivity index (χ0n) is 19.6. The maximum atomic E-state index is 13.5.